The van der Waals surface area contributed by atoms with Gasteiger partial charge in [0.15, 0.2) is 0 Å². The predicted octanol–water partition coefficient (Wildman–Crippen LogP) is 4.26. The van der Waals surface area contributed by atoms with Crippen LogP contribution in [0.2, 0.25) is 5.02 Å². The Morgan fingerprint density at radius 3 is 2.83 bits per heavy atom. The maximum Gasteiger partial charge on any atom is 0.212 e. The van der Waals surface area contributed by atoms with Crippen LogP contribution in [0.4, 0.5) is 0 Å². The number of ether oxygens (including phenoxy) is 1. The molecule has 23 heavy (non-hydrogen) atoms. The summed E-state index contributed by atoms with van der Waals surface area (Å²) in [5.41, 5.74) is 3.22. The molecule has 1 fully saturated rings. The van der Waals surface area contributed by atoms with Crippen LogP contribution in [0.25, 0.3) is 0 Å². The minimum atomic E-state index is 0.462. The van der Waals surface area contributed by atoms with Crippen molar-refractivity contribution >= 4 is 11.6 Å². The lowest BCUT2D eigenvalue weighted by molar-refractivity contribution is 0.259. The van der Waals surface area contributed by atoms with Crippen LogP contribution >= 0.6 is 11.6 Å². The number of hydrogen-bond acceptors (Lipinski definition) is 3. The van der Waals surface area contributed by atoms with Crippen LogP contribution in [0.3, 0.4) is 0 Å². The topological polar surface area (TPSA) is 39.1 Å². The van der Waals surface area contributed by atoms with Gasteiger partial charge in [-0.15, -0.1) is 0 Å². The molecule has 0 radical (unpaired) electrons. The molecule has 0 spiro atoms. The lowest BCUT2D eigenvalue weighted by atomic mass is 10.1. The minimum absolute atomic E-state index is 0.462. The van der Waals surface area contributed by atoms with E-state index < -0.39 is 0 Å². The molecule has 0 saturated heterocycles. The summed E-state index contributed by atoms with van der Waals surface area (Å²) in [6, 6.07) is 8.52. The highest BCUT2D eigenvalue weighted by Gasteiger charge is 2.22. The number of rotatable bonds is 6. The van der Waals surface area contributed by atoms with Crippen LogP contribution < -0.4 is 10.1 Å². The number of hydrogen-bond donors (Lipinski definition) is 1. The summed E-state index contributed by atoms with van der Waals surface area (Å²) < 4.78 is 8.16. The van der Waals surface area contributed by atoms with E-state index in [-0.39, 0.29) is 0 Å². The largest absolute Gasteiger partial charge is 0.473 e. The van der Waals surface area contributed by atoms with Gasteiger partial charge in [0.1, 0.15) is 6.61 Å². The van der Waals surface area contributed by atoms with Crippen molar-refractivity contribution in [3.8, 4) is 5.88 Å². The number of halogens is 1. The molecule has 3 rings (SSSR count). The van der Waals surface area contributed by atoms with Crippen LogP contribution in [-0.2, 0) is 13.2 Å². The first-order chi connectivity index (χ1) is 11.2. The van der Waals surface area contributed by atoms with Crippen LogP contribution in [0, 0.1) is 6.92 Å². The fraction of sp³-hybridized carbons (Fsp3) is 0.500. The molecule has 1 N–H and O–H groups in total. The highest BCUT2D eigenvalue weighted by molar-refractivity contribution is 6.31. The lowest BCUT2D eigenvalue weighted by Crippen LogP contribution is -2.11. The number of aromatic nitrogens is 2. The minimum Gasteiger partial charge on any atom is -0.473 e. The Bertz CT molecular complexity index is 662. The standard InChI is InChI=1S/C18H24ClN3O/c1-13-7-8-17(19)14(9-13)12-23-18-10-15(11-20-2)21-22(18)16-5-3-4-6-16/h7-10,16,20H,3-6,11-12H2,1-2H3. The van der Waals surface area contributed by atoms with Crippen molar-refractivity contribution in [3.05, 3.63) is 46.1 Å². The summed E-state index contributed by atoms with van der Waals surface area (Å²) in [6.45, 7) is 3.28. The zero-order valence-corrected chi connectivity index (χ0v) is 14.6. The van der Waals surface area contributed by atoms with Gasteiger partial charge in [-0.1, -0.05) is 42.1 Å². The third kappa shape index (κ3) is 3.88. The van der Waals surface area contributed by atoms with Gasteiger partial charge in [0, 0.05) is 23.2 Å². The van der Waals surface area contributed by atoms with E-state index in [2.05, 4.69) is 23.0 Å². The SMILES string of the molecule is CNCc1cc(OCc2cc(C)ccc2Cl)n(C2CCCC2)n1. The van der Waals surface area contributed by atoms with Gasteiger partial charge in [-0.2, -0.15) is 5.10 Å². The van der Waals surface area contributed by atoms with Gasteiger partial charge in [-0.25, -0.2) is 4.68 Å². The lowest BCUT2D eigenvalue weighted by Gasteiger charge is -2.15. The molecule has 0 bridgehead atoms. The first-order valence-electron chi connectivity index (χ1n) is 8.28. The van der Waals surface area contributed by atoms with E-state index in [0.717, 1.165) is 28.7 Å². The molecule has 1 aliphatic carbocycles. The number of nitrogens with one attached hydrogen (secondary N) is 1. The van der Waals surface area contributed by atoms with Crippen molar-refractivity contribution in [3.63, 3.8) is 0 Å². The highest BCUT2D eigenvalue weighted by Crippen LogP contribution is 2.33. The van der Waals surface area contributed by atoms with Crippen molar-refractivity contribution in [2.24, 2.45) is 0 Å². The molecule has 5 heteroatoms. The van der Waals surface area contributed by atoms with Crippen LogP contribution in [-0.4, -0.2) is 16.8 Å². The molecule has 4 nitrogen and oxygen atoms in total. The maximum atomic E-state index is 6.27. The van der Waals surface area contributed by atoms with Gasteiger partial charge in [0.05, 0.1) is 11.7 Å². The molecule has 124 valence electrons. The van der Waals surface area contributed by atoms with Crippen molar-refractivity contribution in [1.82, 2.24) is 15.1 Å². The first kappa shape index (κ1) is 16.3. The Labute approximate surface area is 142 Å². The Balaban J connectivity index is 1.79. The summed E-state index contributed by atoms with van der Waals surface area (Å²) in [5, 5.41) is 8.63. The van der Waals surface area contributed by atoms with Gasteiger partial charge in [-0.05, 0) is 32.9 Å². The van der Waals surface area contributed by atoms with E-state index in [1.165, 1.54) is 31.2 Å². The average Bonchev–Trinajstić information content (AvgIpc) is 3.18. The second kappa shape index (κ2) is 7.37. The van der Waals surface area contributed by atoms with E-state index in [0.29, 0.717) is 12.6 Å². The van der Waals surface area contributed by atoms with Gasteiger partial charge in [-0.3, -0.25) is 0 Å². The molecule has 1 aromatic heterocycles. The molecule has 0 amide bonds. The molecule has 1 aromatic carbocycles. The Morgan fingerprint density at radius 2 is 2.09 bits per heavy atom. The zero-order chi connectivity index (χ0) is 16.2. The van der Waals surface area contributed by atoms with E-state index in [1.807, 2.05) is 25.2 Å². The van der Waals surface area contributed by atoms with E-state index in [4.69, 9.17) is 21.4 Å². The summed E-state index contributed by atoms with van der Waals surface area (Å²) in [5.74, 6) is 0.847. The van der Waals surface area contributed by atoms with Crippen molar-refractivity contribution in [2.75, 3.05) is 7.05 Å². The van der Waals surface area contributed by atoms with Gasteiger partial charge in [0.2, 0.25) is 5.88 Å². The second-order valence-corrected chi connectivity index (χ2v) is 6.68. The summed E-state index contributed by atoms with van der Waals surface area (Å²) in [6.07, 6.45) is 4.91. The molecule has 1 aliphatic rings. The summed E-state index contributed by atoms with van der Waals surface area (Å²) >= 11 is 6.27. The van der Waals surface area contributed by atoms with E-state index >= 15 is 0 Å². The van der Waals surface area contributed by atoms with Gasteiger partial charge >= 0.3 is 0 Å². The smallest absolute Gasteiger partial charge is 0.212 e. The van der Waals surface area contributed by atoms with Gasteiger partial charge in [0.25, 0.3) is 0 Å². The Morgan fingerprint density at radius 1 is 1.30 bits per heavy atom. The molecule has 0 unspecified atom stereocenters. The molecule has 1 saturated carbocycles. The molecule has 0 aliphatic heterocycles. The fourth-order valence-corrected chi connectivity index (χ4v) is 3.35. The van der Waals surface area contributed by atoms with E-state index in [1.54, 1.807) is 0 Å². The Kier molecular flexibility index (Phi) is 5.23. The van der Waals surface area contributed by atoms with Crippen molar-refractivity contribution < 1.29 is 4.74 Å². The normalized spacial score (nSPS) is 15.3. The molecule has 1 heterocycles. The number of benzene rings is 1. The molecular formula is C18H24ClN3O. The fourth-order valence-electron chi connectivity index (χ4n) is 3.18. The van der Waals surface area contributed by atoms with Crippen LogP contribution in [0.15, 0.2) is 24.3 Å². The molecular weight excluding hydrogens is 310 g/mol. The van der Waals surface area contributed by atoms with Crippen LogP contribution in [0.1, 0.15) is 48.5 Å². The number of aryl methyl sites for hydroxylation is 1. The zero-order valence-electron chi connectivity index (χ0n) is 13.8. The molecule has 0 atom stereocenters. The predicted molar refractivity (Wildman–Crippen MR) is 93.0 cm³/mol. The third-order valence-corrected chi connectivity index (χ3v) is 4.73. The number of nitrogens with zero attached hydrogens (tertiary/aromatic N) is 2. The third-order valence-electron chi connectivity index (χ3n) is 4.36. The maximum absolute atomic E-state index is 6.27. The van der Waals surface area contributed by atoms with E-state index in [9.17, 15) is 0 Å². The Hall–Kier alpha value is -1.52. The quantitative estimate of drug-likeness (QED) is 0.858. The van der Waals surface area contributed by atoms with Crippen molar-refractivity contribution in [1.29, 1.82) is 0 Å². The monoisotopic (exact) mass is 333 g/mol. The summed E-state index contributed by atoms with van der Waals surface area (Å²) in [7, 11) is 1.93. The average molecular weight is 334 g/mol. The van der Waals surface area contributed by atoms with Gasteiger partial charge < -0.3 is 10.1 Å². The summed E-state index contributed by atoms with van der Waals surface area (Å²) in [4.78, 5) is 0. The molecule has 2 aromatic rings. The van der Waals surface area contributed by atoms with Crippen LogP contribution in [0.5, 0.6) is 5.88 Å². The highest BCUT2D eigenvalue weighted by atomic mass is 35.5. The van der Waals surface area contributed by atoms with Crippen molar-refractivity contribution in [2.45, 2.75) is 51.8 Å². The first-order valence-corrected chi connectivity index (χ1v) is 8.66. The second-order valence-electron chi connectivity index (χ2n) is 6.27.